The van der Waals surface area contributed by atoms with Gasteiger partial charge in [0.2, 0.25) is 6.08 Å². The molecule has 5 heteroatoms. The Kier molecular flexibility index (Phi) is 5.75. The molecule has 0 aromatic rings. The van der Waals surface area contributed by atoms with Crippen molar-refractivity contribution in [2.24, 2.45) is 10.9 Å². The van der Waals surface area contributed by atoms with E-state index in [0.29, 0.717) is 0 Å². The van der Waals surface area contributed by atoms with Gasteiger partial charge in [-0.05, 0) is 26.7 Å². The molecule has 0 bridgehead atoms. The summed E-state index contributed by atoms with van der Waals surface area (Å²) < 4.78 is 5.11. The fraction of sp³-hybridized carbons (Fsp3) is 0.818. The number of carbonyl (C=O) groups excluding carboxylic acids is 2. The van der Waals surface area contributed by atoms with Crippen LogP contribution >= 0.6 is 0 Å². The lowest BCUT2D eigenvalue weighted by Gasteiger charge is -2.24. The van der Waals surface area contributed by atoms with Crippen LogP contribution in [0.4, 0.5) is 4.79 Å². The van der Waals surface area contributed by atoms with Crippen LogP contribution in [0.25, 0.3) is 0 Å². The maximum absolute atomic E-state index is 11.5. The minimum absolute atomic E-state index is 0.171. The lowest BCUT2D eigenvalue weighted by molar-refractivity contribution is 0.0493. The number of isocyanates is 1. The number of hydrogen-bond donors (Lipinski definition) is 1. The van der Waals surface area contributed by atoms with E-state index in [1.54, 1.807) is 20.8 Å². The van der Waals surface area contributed by atoms with Gasteiger partial charge in [-0.15, -0.1) is 0 Å². The molecule has 0 aliphatic heterocycles. The second kappa shape index (κ2) is 6.28. The summed E-state index contributed by atoms with van der Waals surface area (Å²) >= 11 is 0. The van der Waals surface area contributed by atoms with Crippen LogP contribution in [-0.2, 0) is 9.53 Å². The molecule has 0 fully saturated rings. The van der Waals surface area contributed by atoms with Gasteiger partial charge >= 0.3 is 6.09 Å². The van der Waals surface area contributed by atoms with Crippen LogP contribution < -0.4 is 5.32 Å². The van der Waals surface area contributed by atoms with Gasteiger partial charge in [-0.3, -0.25) is 0 Å². The molecular weight excluding hydrogens is 208 g/mol. The van der Waals surface area contributed by atoms with E-state index in [1.165, 1.54) is 6.08 Å². The summed E-state index contributed by atoms with van der Waals surface area (Å²) in [5.41, 5.74) is -0.528. The zero-order valence-corrected chi connectivity index (χ0v) is 10.5. The molecule has 0 saturated heterocycles. The van der Waals surface area contributed by atoms with Crippen LogP contribution in [0.15, 0.2) is 4.99 Å². The summed E-state index contributed by atoms with van der Waals surface area (Å²) in [5, 5.41) is 2.67. The first-order chi connectivity index (χ1) is 7.26. The summed E-state index contributed by atoms with van der Waals surface area (Å²) in [6.07, 6.45) is 0.964. The number of hydrogen-bond acceptors (Lipinski definition) is 4. The lowest BCUT2D eigenvalue weighted by atomic mass is 10.1. The van der Waals surface area contributed by atoms with Gasteiger partial charge in [0, 0.05) is 0 Å². The van der Waals surface area contributed by atoms with Crippen molar-refractivity contribution in [3.05, 3.63) is 0 Å². The van der Waals surface area contributed by atoms with Crippen molar-refractivity contribution in [2.45, 2.75) is 46.3 Å². The third kappa shape index (κ3) is 7.01. The molecule has 0 aliphatic rings. The number of rotatable bonds is 4. The van der Waals surface area contributed by atoms with Gasteiger partial charge in [0.15, 0.2) is 0 Å². The van der Waals surface area contributed by atoms with Gasteiger partial charge in [0.05, 0.1) is 12.6 Å². The molecule has 0 rings (SSSR count). The van der Waals surface area contributed by atoms with Gasteiger partial charge in [0.1, 0.15) is 5.60 Å². The Hall–Kier alpha value is -1.35. The van der Waals surface area contributed by atoms with E-state index in [-0.39, 0.29) is 18.5 Å². The molecule has 0 spiro atoms. The van der Waals surface area contributed by atoms with Crippen molar-refractivity contribution in [1.82, 2.24) is 5.32 Å². The Morgan fingerprint density at radius 3 is 2.38 bits per heavy atom. The van der Waals surface area contributed by atoms with Crippen molar-refractivity contribution in [2.75, 3.05) is 6.54 Å². The highest BCUT2D eigenvalue weighted by molar-refractivity contribution is 5.68. The molecule has 0 aromatic heterocycles. The predicted octanol–water partition coefficient (Wildman–Crippen LogP) is 1.87. The quantitative estimate of drug-likeness (QED) is 0.590. The number of aliphatic imine (C=N–C) groups is 1. The van der Waals surface area contributed by atoms with Crippen LogP contribution in [0.3, 0.4) is 0 Å². The SMILES string of the molecule is CC(C)C(CN=C=O)NC(=O)OC(C)(C)C. The first-order valence-corrected chi connectivity index (χ1v) is 5.29. The third-order valence-corrected chi connectivity index (χ3v) is 1.86. The molecule has 5 nitrogen and oxygen atoms in total. The molecule has 0 aliphatic carbocycles. The Balaban J connectivity index is 4.29. The molecule has 16 heavy (non-hydrogen) atoms. The predicted molar refractivity (Wildman–Crippen MR) is 61.0 cm³/mol. The maximum Gasteiger partial charge on any atom is 0.407 e. The fourth-order valence-electron chi connectivity index (χ4n) is 1.02. The van der Waals surface area contributed by atoms with Crippen molar-refractivity contribution < 1.29 is 14.3 Å². The zero-order chi connectivity index (χ0) is 12.8. The lowest BCUT2D eigenvalue weighted by Crippen LogP contribution is -2.43. The van der Waals surface area contributed by atoms with Gasteiger partial charge in [-0.1, -0.05) is 13.8 Å². The highest BCUT2D eigenvalue weighted by Gasteiger charge is 2.21. The average Bonchev–Trinajstić information content (AvgIpc) is 2.08. The second-order valence-corrected chi connectivity index (χ2v) is 4.93. The van der Waals surface area contributed by atoms with Gasteiger partial charge in [-0.2, -0.15) is 0 Å². The van der Waals surface area contributed by atoms with Crippen LogP contribution in [0.2, 0.25) is 0 Å². The number of alkyl carbamates (subject to hydrolysis) is 1. The Labute approximate surface area is 96.3 Å². The normalized spacial score (nSPS) is 12.9. The minimum atomic E-state index is -0.528. The molecule has 0 heterocycles. The highest BCUT2D eigenvalue weighted by atomic mass is 16.6. The van der Waals surface area contributed by atoms with Crippen LogP contribution in [0, 0.1) is 5.92 Å². The molecule has 0 radical (unpaired) electrons. The van der Waals surface area contributed by atoms with E-state index >= 15 is 0 Å². The van der Waals surface area contributed by atoms with Crippen molar-refractivity contribution in [1.29, 1.82) is 0 Å². The van der Waals surface area contributed by atoms with E-state index in [1.807, 2.05) is 13.8 Å². The van der Waals surface area contributed by atoms with Crippen LogP contribution in [-0.4, -0.2) is 30.4 Å². The molecule has 0 saturated carbocycles. The standard InChI is InChI=1S/C11H20N2O3/c1-8(2)9(6-12-7-14)13-10(15)16-11(3,4)5/h8-9H,6H2,1-5H3,(H,13,15). The Bertz CT molecular complexity index is 275. The number of carbonyl (C=O) groups is 1. The molecular formula is C11H20N2O3. The molecule has 92 valence electrons. The third-order valence-electron chi connectivity index (χ3n) is 1.86. The summed E-state index contributed by atoms with van der Waals surface area (Å²) in [5.74, 6) is 0.171. The van der Waals surface area contributed by atoms with E-state index in [9.17, 15) is 9.59 Å². The average molecular weight is 228 g/mol. The van der Waals surface area contributed by atoms with Crippen LogP contribution in [0.5, 0.6) is 0 Å². The Morgan fingerprint density at radius 2 is 2.00 bits per heavy atom. The summed E-state index contributed by atoms with van der Waals surface area (Å²) in [6.45, 7) is 9.47. The van der Waals surface area contributed by atoms with Crippen molar-refractivity contribution in [3.8, 4) is 0 Å². The number of nitrogens with one attached hydrogen (secondary N) is 1. The molecule has 1 unspecified atom stereocenters. The molecule has 1 atom stereocenters. The van der Waals surface area contributed by atoms with E-state index in [0.717, 1.165) is 0 Å². The van der Waals surface area contributed by atoms with E-state index in [2.05, 4.69) is 10.3 Å². The zero-order valence-electron chi connectivity index (χ0n) is 10.5. The topological polar surface area (TPSA) is 67.8 Å². The van der Waals surface area contributed by atoms with Crippen LogP contribution in [0.1, 0.15) is 34.6 Å². The van der Waals surface area contributed by atoms with Gasteiger partial charge in [0.25, 0.3) is 0 Å². The molecule has 0 aromatic carbocycles. The summed E-state index contributed by atoms with van der Waals surface area (Å²) in [4.78, 5) is 24.9. The highest BCUT2D eigenvalue weighted by Crippen LogP contribution is 2.08. The minimum Gasteiger partial charge on any atom is -0.444 e. The van der Waals surface area contributed by atoms with Crippen molar-refractivity contribution >= 4 is 12.2 Å². The van der Waals surface area contributed by atoms with Gasteiger partial charge < -0.3 is 10.1 Å². The maximum atomic E-state index is 11.5. The molecule has 1 N–H and O–H groups in total. The van der Waals surface area contributed by atoms with E-state index in [4.69, 9.17) is 4.74 Å². The second-order valence-electron chi connectivity index (χ2n) is 4.93. The molecule has 1 amide bonds. The monoisotopic (exact) mass is 228 g/mol. The first kappa shape index (κ1) is 14.6. The number of ether oxygens (including phenoxy) is 1. The first-order valence-electron chi connectivity index (χ1n) is 5.29. The number of amides is 1. The fourth-order valence-corrected chi connectivity index (χ4v) is 1.02. The largest absolute Gasteiger partial charge is 0.444 e. The number of nitrogens with zero attached hydrogens (tertiary/aromatic N) is 1. The summed E-state index contributed by atoms with van der Waals surface area (Å²) in [7, 11) is 0. The Morgan fingerprint density at radius 1 is 1.44 bits per heavy atom. The van der Waals surface area contributed by atoms with Crippen molar-refractivity contribution in [3.63, 3.8) is 0 Å². The van der Waals surface area contributed by atoms with E-state index < -0.39 is 11.7 Å². The smallest absolute Gasteiger partial charge is 0.407 e. The van der Waals surface area contributed by atoms with Gasteiger partial charge in [-0.25, -0.2) is 14.6 Å². The summed E-state index contributed by atoms with van der Waals surface area (Å²) in [6, 6.07) is -0.212.